The molecular formula is C9H19NO. The Hall–Kier alpha value is -0.0800. The first-order valence-corrected chi connectivity index (χ1v) is 4.47. The highest BCUT2D eigenvalue weighted by Gasteiger charge is 2.37. The van der Waals surface area contributed by atoms with Gasteiger partial charge in [-0.3, -0.25) is 0 Å². The minimum absolute atomic E-state index is 0.209. The first-order valence-electron chi connectivity index (χ1n) is 4.47. The lowest BCUT2D eigenvalue weighted by Crippen LogP contribution is -2.51. The molecule has 1 saturated heterocycles. The number of ether oxygens (including phenoxy) is 1. The normalized spacial score (nSPS) is 45.8. The Bertz CT molecular complexity index is 138. The smallest absolute Gasteiger partial charge is 0.0703 e. The minimum Gasteiger partial charge on any atom is -0.377 e. The third-order valence-electron chi connectivity index (χ3n) is 3.17. The summed E-state index contributed by atoms with van der Waals surface area (Å²) >= 11 is 0. The molecule has 1 heterocycles. The van der Waals surface area contributed by atoms with Gasteiger partial charge in [-0.25, -0.2) is 0 Å². The van der Waals surface area contributed by atoms with Crippen LogP contribution in [0, 0.1) is 5.41 Å². The topological polar surface area (TPSA) is 35.2 Å². The monoisotopic (exact) mass is 157 g/mol. The molecule has 1 fully saturated rings. The maximum atomic E-state index is 6.04. The fourth-order valence-corrected chi connectivity index (χ4v) is 1.73. The Morgan fingerprint density at radius 2 is 2.27 bits per heavy atom. The average Bonchev–Trinajstić information content (AvgIpc) is 2.00. The zero-order chi connectivity index (χ0) is 8.48. The van der Waals surface area contributed by atoms with Gasteiger partial charge in [-0.05, 0) is 25.2 Å². The minimum atomic E-state index is 0.209. The summed E-state index contributed by atoms with van der Waals surface area (Å²) in [5, 5.41) is 0. The molecule has 0 saturated carbocycles. The summed E-state index contributed by atoms with van der Waals surface area (Å²) in [6, 6.07) is 0.209. The summed E-state index contributed by atoms with van der Waals surface area (Å²) in [5.74, 6) is 0. The van der Waals surface area contributed by atoms with Gasteiger partial charge in [-0.1, -0.05) is 13.8 Å². The third kappa shape index (κ3) is 1.57. The second-order valence-electron chi connectivity index (χ2n) is 3.86. The highest BCUT2D eigenvalue weighted by molar-refractivity contribution is 4.91. The molecule has 66 valence electrons. The highest BCUT2D eigenvalue weighted by Crippen LogP contribution is 2.34. The maximum absolute atomic E-state index is 6.04. The van der Waals surface area contributed by atoms with Gasteiger partial charge >= 0.3 is 0 Å². The Kier molecular flexibility index (Phi) is 2.55. The predicted octanol–water partition coefficient (Wildman–Crippen LogP) is 1.54. The van der Waals surface area contributed by atoms with E-state index >= 15 is 0 Å². The second-order valence-corrected chi connectivity index (χ2v) is 3.86. The van der Waals surface area contributed by atoms with E-state index in [0.29, 0.717) is 5.41 Å². The molecule has 11 heavy (non-hydrogen) atoms. The quantitative estimate of drug-likeness (QED) is 0.626. The number of hydrogen-bond donors (Lipinski definition) is 1. The van der Waals surface area contributed by atoms with Crippen LogP contribution in [0.5, 0.6) is 0 Å². The van der Waals surface area contributed by atoms with Crippen molar-refractivity contribution < 1.29 is 4.74 Å². The lowest BCUT2D eigenvalue weighted by atomic mass is 9.74. The van der Waals surface area contributed by atoms with Gasteiger partial charge < -0.3 is 10.5 Å². The number of nitrogens with two attached hydrogens (primary N) is 1. The van der Waals surface area contributed by atoms with E-state index in [9.17, 15) is 0 Å². The van der Waals surface area contributed by atoms with Crippen molar-refractivity contribution in [2.24, 2.45) is 11.1 Å². The molecule has 0 aromatic rings. The zero-order valence-electron chi connectivity index (χ0n) is 7.76. The van der Waals surface area contributed by atoms with Crippen molar-refractivity contribution in [3.05, 3.63) is 0 Å². The molecule has 0 aromatic heterocycles. The van der Waals surface area contributed by atoms with Crippen molar-refractivity contribution >= 4 is 0 Å². The first kappa shape index (κ1) is 9.01. The summed E-state index contributed by atoms with van der Waals surface area (Å²) in [4.78, 5) is 0. The summed E-state index contributed by atoms with van der Waals surface area (Å²) in [6.07, 6.45) is 2.49. The molecule has 0 spiro atoms. The lowest BCUT2D eigenvalue weighted by molar-refractivity contribution is -0.0520. The fraction of sp³-hybridized carbons (Fsp3) is 1.00. The number of rotatable bonds is 1. The average molecular weight is 157 g/mol. The van der Waals surface area contributed by atoms with Gasteiger partial charge in [-0.15, -0.1) is 0 Å². The van der Waals surface area contributed by atoms with Gasteiger partial charge in [0, 0.05) is 12.6 Å². The molecule has 2 heteroatoms. The molecule has 1 aliphatic rings. The van der Waals surface area contributed by atoms with E-state index < -0.39 is 0 Å². The molecule has 3 unspecified atom stereocenters. The van der Waals surface area contributed by atoms with Crippen LogP contribution in [0.25, 0.3) is 0 Å². The SMILES string of the molecule is CCC1(C)CCOC(C)C1N. The van der Waals surface area contributed by atoms with Gasteiger partial charge in [0.25, 0.3) is 0 Å². The van der Waals surface area contributed by atoms with Crippen molar-refractivity contribution in [3.63, 3.8) is 0 Å². The van der Waals surface area contributed by atoms with Crippen molar-refractivity contribution in [2.75, 3.05) is 6.61 Å². The Morgan fingerprint density at radius 1 is 1.64 bits per heavy atom. The van der Waals surface area contributed by atoms with E-state index in [1.54, 1.807) is 0 Å². The number of hydrogen-bond acceptors (Lipinski definition) is 2. The van der Waals surface area contributed by atoms with Crippen molar-refractivity contribution in [3.8, 4) is 0 Å². The summed E-state index contributed by atoms with van der Waals surface area (Å²) in [6.45, 7) is 7.41. The van der Waals surface area contributed by atoms with Crippen LogP contribution in [-0.4, -0.2) is 18.8 Å². The lowest BCUT2D eigenvalue weighted by Gasteiger charge is -2.42. The first-order chi connectivity index (χ1) is 5.10. The molecule has 2 N–H and O–H groups in total. The Balaban J connectivity index is 2.64. The van der Waals surface area contributed by atoms with Gasteiger partial charge in [-0.2, -0.15) is 0 Å². The summed E-state index contributed by atoms with van der Waals surface area (Å²) < 4.78 is 5.46. The van der Waals surface area contributed by atoms with Crippen molar-refractivity contribution in [1.29, 1.82) is 0 Å². The van der Waals surface area contributed by atoms with Gasteiger partial charge in [0.15, 0.2) is 0 Å². The summed E-state index contributed by atoms with van der Waals surface area (Å²) in [7, 11) is 0. The maximum Gasteiger partial charge on any atom is 0.0703 e. The van der Waals surface area contributed by atoms with Crippen LogP contribution >= 0.6 is 0 Å². The zero-order valence-corrected chi connectivity index (χ0v) is 7.76. The molecule has 1 rings (SSSR count). The molecule has 0 aliphatic carbocycles. The van der Waals surface area contributed by atoms with E-state index in [2.05, 4.69) is 20.8 Å². The molecule has 3 atom stereocenters. The molecule has 0 radical (unpaired) electrons. The molecule has 0 bridgehead atoms. The molecule has 1 aliphatic heterocycles. The predicted molar refractivity (Wildman–Crippen MR) is 46.4 cm³/mol. The largest absolute Gasteiger partial charge is 0.377 e. The Labute approximate surface area is 69.1 Å². The van der Waals surface area contributed by atoms with Crippen molar-refractivity contribution in [2.45, 2.75) is 45.8 Å². The van der Waals surface area contributed by atoms with E-state index in [4.69, 9.17) is 10.5 Å². The van der Waals surface area contributed by atoms with Crippen LogP contribution in [0.15, 0.2) is 0 Å². The van der Waals surface area contributed by atoms with E-state index in [1.807, 2.05) is 0 Å². The van der Waals surface area contributed by atoms with E-state index in [1.165, 1.54) is 0 Å². The molecular weight excluding hydrogens is 138 g/mol. The molecule has 2 nitrogen and oxygen atoms in total. The van der Waals surface area contributed by atoms with Gasteiger partial charge in [0.2, 0.25) is 0 Å². The highest BCUT2D eigenvalue weighted by atomic mass is 16.5. The van der Waals surface area contributed by atoms with Crippen LogP contribution in [0.4, 0.5) is 0 Å². The molecule has 0 aromatic carbocycles. The molecule has 0 amide bonds. The van der Waals surface area contributed by atoms with Crippen LogP contribution < -0.4 is 5.73 Å². The Morgan fingerprint density at radius 3 is 2.73 bits per heavy atom. The van der Waals surface area contributed by atoms with Gasteiger partial charge in [0.05, 0.1) is 6.10 Å². The van der Waals surface area contributed by atoms with Gasteiger partial charge in [0.1, 0.15) is 0 Å². The van der Waals surface area contributed by atoms with E-state index in [0.717, 1.165) is 19.4 Å². The van der Waals surface area contributed by atoms with Crippen molar-refractivity contribution in [1.82, 2.24) is 0 Å². The van der Waals surface area contributed by atoms with Crippen LogP contribution in [-0.2, 0) is 4.74 Å². The van der Waals surface area contributed by atoms with Crippen LogP contribution in [0.2, 0.25) is 0 Å². The second kappa shape index (κ2) is 3.11. The fourth-order valence-electron chi connectivity index (χ4n) is 1.73. The van der Waals surface area contributed by atoms with Crippen LogP contribution in [0.1, 0.15) is 33.6 Å². The van der Waals surface area contributed by atoms with Crippen LogP contribution in [0.3, 0.4) is 0 Å². The van der Waals surface area contributed by atoms with E-state index in [-0.39, 0.29) is 12.1 Å². The third-order valence-corrected chi connectivity index (χ3v) is 3.17. The standard InChI is InChI=1S/C9H19NO/c1-4-9(3)5-6-11-7(2)8(9)10/h7-8H,4-6,10H2,1-3H3. The summed E-state index contributed by atoms with van der Waals surface area (Å²) in [5.41, 5.74) is 6.35.